The highest BCUT2D eigenvalue weighted by atomic mass is 16.7. The van der Waals surface area contributed by atoms with Crippen molar-refractivity contribution in [3.8, 4) is 22.8 Å². The average Bonchev–Trinajstić information content (AvgIpc) is 3.48. The highest BCUT2D eigenvalue weighted by molar-refractivity contribution is 6.22. The summed E-state index contributed by atoms with van der Waals surface area (Å²) in [6, 6.07) is 13.4. The summed E-state index contributed by atoms with van der Waals surface area (Å²) in [7, 11) is 0. The predicted octanol–water partition coefficient (Wildman–Crippen LogP) is 2.41. The molecule has 0 fully saturated rings. The maximum absolute atomic E-state index is 12.3. The number of fused-ring (bicyclic) bond motifs is 2. The maximum atomic E-state index is 12.3. The number of hydrogen-bond acceptors (Lipinski definition) is 8. The van der Waals surface area contributed by atoms with E-state index in [9.17, 15) is 14.4 Å². The lowest BCUT2D eigenvalue weighted by atomic mass is 10.1. The Labute approximate surface area is 169 Å². The Kier molecular flexibility index (Phi) is 4.20. The number of rotatable bonds is 5. The number of esters is 1. The summed E-state index contributed by atoms with van der Waals surface area (Å²) in [5.74, 6) is -0.0200. The maximum Gasteiger partial charge on any atom is 0.326 e. The fourth-order valence-electron chi connectivity index (χ4n) is 3.28. The number of benzene rings is 2. The molecule has 2 amide bonds. The largest absolute Gasteiger partial charge is 0.458 e. The van der Waals surface area contributed by atoms with E-state index in [1.165, 1.54) is 0 Å². The molecule has 2 aromatic carbocycles. The molecule has 30 heavy (non-hydrogen) atoms. The van der Waals surface area contributed by atoms with Crippen LogP contribution in [0.4, 0.5) is 0 Å². The van der Waals surface area contributed by atoms with Crippen LogP contribution in [0.2, 0.25) is 0 Å². The first-order chi connectivity index (χ1) is 14.6. The fourth-order valence-corrected chi connectivity index (χ4v) is 3.28. The lowest BCUT2D eigenvalue weighted by Gasteiger charge is -2.12. The van der Waals surface area contributed by atoms with Crippen molar-refractivity contribution >= 4 is 17.8 Å². The second-order valence-electron chi connectivity index (χ2n) is 6.65. The molecule has 0 saturated carbocycles. The van der Waals surface area contributed by atoms with Gasteiger partial charge in [0.05, 0.1) is 11.1 Å². The van der Waals surface area contributed by atoms with Gasteiger partial charge in [0.15, 0.2) is 17.3 Å². The first-order valence-electron chi connectivity index (χ1n) is 9.06. The van der Waals surface area contributed by atoms with Crippen molar-refractivity contribution in [1.82, 2.24) is 10.1 Å². The van der Waals surface area contributed by atoms with Gasteiger partial charge in [-0.25, -0.2) is 0 Å². The molecule has 1 aromatic heterocycles. The first kappa shape index (κ1) is 17.9. The molecule has 0 saturated heterocycles. The van der Waals surface area contributed by atoms with E-state index >= 15 is 0 Å². The molecule has 0 spiro atoms. The van der Waals surface area contributed by atoms with E-state index in [-0.39, 0.29) is 24.5 Å². The summed E-state index contributed by atoms with van der Waals surface area (Å²) in [4.78, 5) is 37.6. The Bertz CT molecular complexity index is 1150. The molecule has 0 N–H and O–H groups in total. The quantitative estimate of drug-likeness (QED) is 0.470. The van der Waals surface area contributed by atoms with Gasteiger partial charge in [0.2, 0.25) is 6.79 Å². The highest BCUT2D eigenvalue weighted by Gasteiger charge is 2.36. The second kappa shape index (κ2) is 7.03. The van der Waals surface area contributed by atoms with Crippen LogP contribution in [-0.2, 0) is 16.1 Å². The number of nitrogens with zero attached hydrogens (tertiary/aromatic N) is 2. The van der Waals surface area contributed by atoms with Crippen LogP contribution >= 0.6 is 0 Å². The van der Waals surface area contributed by atoms with Crippen molar-refractivity contribution in [2.75, 3.05) is 13.3 Å². The van der Waals surface area contributed by atoms with Crippen molar-refractivity contribution in [3.05, 3.63) is 65.4 Å². The van der Waals surface area contributed by atoms with Gasteiger partial charge in [0.1, 0.15) is 18.8 Å². The van der Waals surface area contributed by atoms with Crippen LogP contribution < -0.4 is 9.47 Å². The lowest BCUT2D eigenvalue weighted by Crippen LogP contribution is -2.35. The Morgan fingerprint density at radius 2 is 1.73 bits per heavy atom. The molecule has 0 bridgehead atoms. The molecular formula is C21H14N2O7. The van der Waals surface area contributed by atoms with Crippen LogP contribution in [0.5, 0.6) is 11.5 Å². The molecule has 9 nitrogen and oxygen atoms in total. The summed E-state index contributed by atoms with van der Waals surface area (Å²) in [6.07, 6.45) is 0. The number of aromatic nitrogens is 1. The van der Waals surface area contributed by atoms with E-state index in [1.54, 1.807) is 48.5 Å². The van der Waals surface area contributed by atoms with Crippen molar-refractivity contribution < 1.29 is 33.1 Å². The molecule has 0 aliphatic carbocycles. The van der Waals surface area contributed by atoms with Gasteiger partial charge < -0.3 is 18.7 Å². The predicted molar refractivity (Wildman–Crippen MR) is 99.7 cm³/mol. The van der Waals surface area contributed by atoms with Gasteiger partial charge in [-0.15, -0.1) is 0 Å². The number of ether oxygens (including phenoxy) is 3. The minimum Gasteiger partial charge on any atom is -0.458 e. The summed E-state index contributed by atoms with van der Waals surface area (Å²) >= 11 is 0. The topological polar surface area (TPSA) is 108 Å². The average molecular weight is 406 g/mol. The van der Waals surface area contributed by atoms with E-state index in [0.29, 0.717) is 23.0 Å². The van der Waals surface area contributed by atoms with Crippen molar-refractivity contribution in [1.29, 1.82) is 0 Å². The highest BCUT2D eigenvalue weighted by Crippen LogP contribution is 2.36. The van der Waals surface area contributed by atoms with Gasteiger partial charge in [-0.2, -0.15) is 0 Å². The number of carbonyl (C=O) groups excluding carboxylic acids is 3. The van der Waals surface area contributed by atoms with Gasteiger partial charge in [0, 0.05) is 11.6 Å². The van der Waals surface area contributed by atoms with Gasteiger partial charge in [-0.1, -0.05) is 17.3 Å². The van der Waals surface area contributed by atoms with Gasteiger partial charge >= 0.3 is 5.97 Å². The molecule has 150 valence electrons. The normalized spacial score (nSPS) is 14.2. The van der Waals surface area contributed by atoms with Crippen LogP contribution in [0.1, 0.15) is 26.4 Å². The van der Waals surface area contributed by atoms with E-state index in [2.05, 4.69) is 5.16 Å². The smallest absolute Gasteiger partial charge is 0.326 e. The van der Waals surface area contributed by atoms with Crippen LogP contribution in [0.15, 0.2) is 53.1 Å². The van der Waals surface area contributed by atoms with Crippen LogP contribution in [-0.4, -0.2) is 41.2 Å². The van der Waals surface area contributed by atoms with Gasteiger partial charge in [-0.05, 0) is 30.3 Å². The molecule has 2 aliphatic heterocycles. The molecular weight excluding hydrogens is 392 g/mol. The second-order valence-corrected chi connectivity index (χ2v) is 6.65. The number of imide groups is 1. The Morgan fingerprint density at radius 3 is 2.50 bits per heavy atom. The number of carbonyl (C=O) groups is 3. The lowest BCUT2D eigenvalue weighted by molar-refractivity contribution is -0.145. The third-order valence-electron chi connectivity index (χ3n) is 4.76. The Morgan fingerprint density at radius 1 is 1.00 bits per heavy atom. The van der Waals surface area contributed by atoms with E-state index in [4.69, 9.17) is 18.7 Å². The molecule has 0 radical (unpaired) electrons. The van der Waals surface area contributed by atoms with E-state index in [1.807, 2.05) is 0 Å². The summed E-state index contributed by atoms with van der Waals surface area (Å²) < 4.78 is 21.1. The molecule has 3 aromatic rings. The molecule has 0 unspecified atom stereocenters. The minimum absolute atomic E-state index is 0.157. The standard InChI is InChI=1S/C21H14N2O7/c24-19(9-23-20(25)14-3-1-2-4-15(14)21(23)26)27-10-13-8-17(30-22-13)12-5-6-16-18(7-12)29-11-28-16/h1-8H,9-11H2. The number of amides is 2. The van der Waals surface area contributed by atoms with Crippen LogP contribution in [0.3, 0.4) is 0 Å². The number of hydrogen-bond donors (Lipinski definition) is 0. The zero-order chi connectivity index (χ0) is 20.7. The van der Waals surface area contributed by atoms with Crippen LogP contribution in [0, 0.1) is 0 Å². The fraction of sp³-hybridized carbons (Fsp3) is 0.143. The zero-order valence-electron chi connectivity index (χ0n) is 15.5. The van der Waals surface area contributed by atoms with E-state index < -0.39 is 24.3 Å². The molecule has 5 rings (SSSR count). The molecule has 2 aliphatic rings. The van der Waals surface area contributed by atoms with Gasteiger partial charge in [0.25, 0.3) is 11.8 Å². The minimum atomic E-state index is -0.725. The van der Waals surface area contributed by atoms with Crippen LogP contribution in [0.25, 0.3) is 11.3 Å². The molecule has 3 heterocycles. The molecule has 9 heteroatoms. The monoisotopic (exact) mass is 406 g/mol. The van der Waals surface area contributed by atoms with Gasteiger partial charge in [-0.3, -0.25) is 19.3 Å². The zero-order valence-corrected chi connectivity index (χ0v) is 15.5. The first-order valence-corrected chi connectivity index (χ1v) is 9.06. The Hall–Kier alpha value is -4.14. The third kappa shape index (κ3) is 3.06. The third-order valence-corrected chi connectivity index (χ3v) is 4.76. The van der Waals surface area contributed by atoms with Crippen molar-refractivity contribution in [3.63, 3.8) is 0 Å². The van der Waals surface area contributed by atoms with Crippen molar-refractivity contribution in [2.45, 2.75) is 6.61 Å². The summed E-state index contributed by atoms with van der Waals surface area (Å²) in [6.45, 7) is -0.460. The Balaban J connectivity index is 1.21. The van der Waals surface area contributed by atoms with Crippen molar-refractivity contribution in [2.24, 2.45) is 0 Å². The molecule has 0 atom stereocenters. The SMILES string of the molecule is O=C(CN1C(=O)c2ccccc2C1=O)OCc1cc(-c2ccc3c(c2)OCO3)on1. The summed E-state index contributed by atoms with van der Waals surface area (Å²) in [5, 5.41) is 3.88. The van der Waals surface area contributed by atoms with E-state index in [0.717, 1.165) is 10.5 Å². The summed E-state index contributed by atoms with van der Waals surface area (Å²) in [5.41, 5.74) is 1.68.